The number of carboxylic acids is 1. The van der Waals surface area contributed by atoms with E-state index in [9.17, 15) is 18.3 Å². The third-order valence-electron chi connectivity index (χ3n) is 4.70. The van der Waals surface area contributed by atoms with Gasteiger partial charge in [0.1, 0.15) is 17.6 Å². The number of ether oxygens (including phenoxy) is 2. The van der Waals surface area contributed by atoms with Gasteiger partial charge >= 0.3 is 5.97 Å². The molecule has 1 aliphatic rings. The van der Waals surface area contributed by atoms with Crippen LogP contribution in [0.25, 0.3) is 0 Å². The fraction of sp³-hybridized carbons (Fsp3) is 0.350. The summed E-state index contributed by atoms with van der Waals surface area (Å²) in [5.41, 5.74) is 2.20. The first kappa shape index (κ1) is 20.0. The molecule has 2 N–H and O–H groups in total. The minimum atomic E-state index is -4.04. The molecule has 150 valence electrons. The van der Waals surface area contributed by atoms with Crippen molar-refractivity contribution in [1.82, 2.24) is 0 Å². The summed E-state index contributed by atoms with van der Waals surface area (Å²) in [5, 5.41) is 9.27. The van der Waals surface area contributed by atoms with E-state index in [2.05, 4.69) is 4.72 Å². The molecule has 7 nitrogen and oxygen atoms in total. The summed E-state index contributed by atoms with van der Waals surface area (Å²) in [6.07, 6.45) is 0.731. The Morgan fingerprint density at radius 2 is 2.00 bits per heavy atom. The van der Waals surface area contributed by atoms with Crippen LogP contribution in [-0.4, -0.2) is 32.2 Å². The number of anilines is 1. The third kappa shape index (κ3) is 3.77. The summed E-state index contributed by atoms with van der Waals surface area (Å²) >= 11 is 0. The number of fused-ring (bicyclic) bond motifs is 1. The first-order valence-electron chi connectivity index (χ1n) is 8.96. The van der Waals surface area contributed by atoms with Crippen molar-refractivity contribution in [2.75, 3.05) is 11.3 Å². The van der Waals surface area contributed by atoms with Crippen LogP contribution in [0.2, 0.25) is 0 Å². The Bertz CT molecular complexity index is 1050. The molecule has 0 fully saturated rings. The smallest absolute Gasteiger partial charge is 0.335 e. The fourth-order valence-corrected chi connectivity index (χ4v) is 4.63. The van der Waals surface area contributed by atoms with Crippen molar-refractivity contribution in [2.24, 2.45) is 0 Å². The monoisotopic (exact) mass is 405 g/mol. The topological polar surface area (TPSA) is 102 Å². The summed E-state index contributed by atoms with van der Waals surface area (Å²) < 4.78 is 40.0. The van der Waals surface area contributed by atoms with Gasteiger partial charge in [-0.05, 0) is 57.0 Å². The van der Waals surface area contributed by atoms with E-state index in [4.69, 9.17) is 9.47 Å². The molecule has 0 bridgehead atoms. The lowest BCUT2D eigenvalue weighted by atomic mass is 10.1. The van der Waals surface area contributed by atoms with E-state index >= 15 is 0 Å². The van der Waals surface area contributed by atoms with Crippen molar-refractivity contribution in [1.29, 1.82) is 0 Å². The van der Waals surface area contributed by atoms with E-state index in [1.807, 2.05) is 13.8 Å². The predicted octanol–water partition coefficient (Wildman–Crippen LogP) is 3.52. The fourth-order valence-electron chi connectivity index (χ4n) is 3.22. The van der Waals surface area contributed by atoms with Gasteiger partial charge in [-0.1, -0.05) is 0 Å². The first-order chi connectivity index (χ1) is 13.1. The quantitative estimate of drug-likeness (QED) is 0.762. The van der Waals surface area contributed by atoms with E-state index in [1.165, 1.54) is 12.1 Å². The number of sulfonamides is 1. The lowest BCUT2D eigenvalue weighted by Gasteiger charge is -2.16. The van der Waals surface area contributed by atoms with Gasteiger partial charge in [-0.3, -0.25) is 4.72 Å². The van der Waals surface area contributed by atoms with Gasteiger partial charge < -0.3 is 14.6 Å². The van der Waals surface area contributed by atoms with Crippen molar-refractivity contribution in [3.05, 3.63) is 46.5 Å². The maximum atomic E-state index is 13.1. The highest BCUT2D eigenvalue weighted by atomic mass is 32.2. The second-order valence-electron chi connectivity index (χ2n) is 6.85. The Morgan fingerprint density at radius 1 is 1.29 bits per heavy atom. The molecule has 0 saturated heterocycles. The molecule has 0 radical (unpaired) electrons. The SMILES string of the molecule is CCOc1cc2c(cc1NS(=O)(=O)c1cc(C(=O)O)cc(C)c1C)O[C@@H](C)C2. The van der Waals surface area contributed by atoms with Crippen LogP contribution in [0.1, 0.15) is 40.9 Å². The maximum Gasteiger partial charge on any atom is 0.335 e. The largest absolute Gasteiger partial charge is 0.492 e. The van der Waals surface area contributed by atoms with Crippen LogP contribution < -0.4 is 14.2 Å². The number of aromatic carboxylic acids is 1. The molecule has 0 unspecified atom stereocenters. The lowest BCUT2D eigenvalue weighted by molar-refractivity contribution is 0.0696. The molecule has 3 rings (SSSR count). The van der Waals surface area contributed by atoms with Gasteiger partial charge in [0, 0.05) is 18.1 Å². The number of carboxylic acid groups (broad SMARTS) is 1. The number of hydrogen-bond acceptors (Lipinski definition) is 5. The molecule has 1 aliphatic heterocycles. The van der Waals surface area contributed by atoms with Crippen molar-refractivity contribution < 1.29 is 27.8 Å². The second-order valence-corrected chi connectivity index (χ2v) is 8.50. The second kappa shape index (κ2) is 7.35. The van der Waals surface area contributed by atoms with E-state index < -0.39 is 16.0 Å². The number of benzene rings is 2. The number of carbonyl (C=O) groups is 1. The molecule has 0 saturated carbocycles. The van der Waals surface area contributed by atoms with E-state index in [0.29, 0.717) is 29.2 Å². The zero-order valence-corrected chi connectivity index (χ0v) is 17.0. The predicted molar refractivity (Wildman–Crippen MR) is 105 cm³/mol. The van der Waals surface area contributed by atoms with Crippen molar-refractivity contribution in [2.45, 2.75) is 45.1 Å². The molecule has 0 spiro atoms. The lowest BCUT2D eigenvalue weighted by Crippen LogP contribution is -2.17. The normalized spacial score (nSPS) is 15.6. The highest BCUT2D eigenvalue weighted by Gasteiger charge is 2.26. The average Bonchev–Trinajstić information content (AvgIpc) is 2.95. The van der Waals surface area contributed by atoms with Gasteiger partial charge in [0.25, 0.3) is 10.0 Å². The highest BCUT2D eigenvalue weighted by molar-refractivity contribution is 7.92. The van der Waals surface area contributed by atoms with Crippen LogP contribution in [0.15, 0.2) is 29.2 Å². The number of aryl methyl sites for hydroxylation is 1. The van der Waals surface area contributed by atoms with E-state index in [1.54, 1.807) is 26.0 Å². The van der Waals surface area contributed by atoms with Gasteiger partial charge in [-0.25, -0.2) is 13.2 Å². The van der Waals surface area contributed by atoms with Crippen LogP contribution in [0, 0.1) is 13.8 Å². The van der Waals surface area contributed by atoms with Crippen molar-refractivity contribution >= 4 is 21.7 Å². The van der Waals surface area contributed by atoms with Crippen molar-refractivity contribution in [3.8, 4) is 11.5 Å². The summed E-state index contributed by atoms with van der Waals surface area (Å²) in [4.78, 5) is 11.3. The van der Waals surface area contributed by atoms with Gasteiger partial charge in [-0.15, -0.1) is 0 Å². The van der Waals surface area contributed by atoms with Crippen LogP contribution >= 0.6 is 0 Å². The minimum Gasteiger partial charge on any atom is -0.492 e. The Kier molecular flexibility index (Phi) is 5.25. The molecule has 28 heavy (non-hydrogen) atoms. The molecule has 0 aliphatic carbocycles. The summed E-state index contributed by atoms with van der Waals surface area (Å²) in [5.74, 6) is -0.165. The molecule has 1 heterocycles. The van der Waals surface area contributed by atoms with E-state index in [-0.39, 0.29) is 22.3 Å². The standard InChI is InChI=1S/C20H23NO6S/c1-5-26-18-8-14-7-12(3)27-17(14)10-16(18)21-28(24,25)19-9-15(20(22)23)6-11(2)13(19)4/h6,8-10,12,21H,5,7H2,1-4H3,(H,22,23)/t12-/m0/s1. The maximum absolute atomic E-state index is 13.1. The van der Waals surface area contributed by atoms with Crippen LogP contribution in [0.5, 0.6) is 11.5 Å². The Morgan fingerprint density at radius 3 is 2.64 bits per heavy atom. The third-order valence-corrected chi connectivity index (χ3v) is 6.19. The van der Waals surface area contributed by atoms with Gasteiger partial charge in [0.2, 0.25) is 0 Å². The zero-order chi connectivity index (χ0) is 20.6. The first-order valence-corrected chi connectivity index (χ1v) is 10.4. The molecule has 0 aromatic heterocycles. The van der Waals surface area contributed by atoms with Crippen molar-refractivity contribution in [3.63, 3.8) is 0 Å². The molecule has 2 aromatic carbocycles. The number of rotatable bonds is 6. The number of hydrogen-bond donors (Lipinski definition) is 2. The molecular formula is C20H23NO6S. The van der Waals surface area contributed by atoms with Crippen LogP contribution in [0.3, 0.4) is 0 Å². The average molecular weight is 405 g/mol. The Hall–Kier alpha value is -2.74. The molecule has 1 atom stereocenters. The Labute approximate surface area is 164 Å². The number of nitrogens with one attached hydrogen (secondary N) is 1. The summed E-state index contributed by atoms with van der Waals surface area (Å²) in [7, 11) is -4.04. The summed E-state index contributed by atoms with van der Waals surface area (Å²) in [6, 6.07) is 6.02. The molecule has 2 aromatic rings. The Balaban J connectivity index is 2.06. The van der Waals surface area contributed by atoms with Gasteiger partial charge in [0.15, 0.2) is 0 Å². The van der Waals surface area contributed by atoms with Crippen LogP contribution in [0.4, 0.5) is 5.69 Å². The molecule has 8 heteroatoms. The van der Waals surface area contributed by atoms with E-state index in [0.717, 1.165) is 12.0 Å². The summed E-state index contributed by atoms with van der Waals surface area (Å²) in [6.45, 7) is 7.45. The highest BCUT2D eigenvalue weighted by Crippen LogP contribution is 2.39. The van der Waals surface area contributed by atoms with Gasteiger partial charge in [-0.2, -0.15) is 0 Å². The van der Waals surface area contributed by atoms with Gasteiger partial charge in [0.05, 0.1) is 22.8 Å². The molecular weight excluding hydrogens is 382 g/mol. The van der Waals surface area contributed by atoms with Crippen LogP contribution in [-0.2, 0) is 16.4 Å². The minimum absolute atomic E-state index is 0.00785. The molecule has 0 amide bonds. The zero-order valence-electron chi connectivity index (χ0n) is 16.2.